The highest BCUT2D eigenvalue weighted by molar-refractivity contribution is 5.40. The van der Waals surface area contributed by atoms with Crippen LogP contribution in [0.3, 0.4) is 0 Å². The summed E-state index contributed by atoms with van der Waals surface area (Å²) in [4.78, 5) is 0. The molecule has 1 aromatic rings. The minimum Gasteiger partial charge on any atom is -0.420 e. The SMILES string of the molecule is C/C=C/C=C/c1nnc(C(C)N)o1. The molecular formula is C9H13N3O. The van der Waals surface area contributed by atoms with Gasteiger partial charge < -0.3 is 10.2 Å². The van der Waals surface area contributed by atoms with Crippen LogP contribution in [0.5, 0.6) is 0 Å². The van der Waals surface area contributed by atoms with Crippen LogP contribution in [0, 0.1) is 0 Å². The highest BCUT2D eigenvalue weighted by Crippen LogP contribution is 2.08. The van der Waals surface area contributed by atoms with Gasteiger partial charge in [-0.25, -0.2) is 0 Å². The summed E-state index contributed by atoms with van der Waals surface area (Å²) in [5.74, 6) is 0.936. The highest BCUT2D eigenvalue weighted by Gasteiger charge is 2.06. The van der Waals surface area contributed by atoms with Gasteiger partial charge in [0, 0.05) is 6.08 Å². The molecule has 1 heterocycles. The van der Waals surface area contributed by atoms with Gasteiger partial charge in [-0.15, -0.1) is 10.2 Å². The van der Waals surface area contributed by atoms with Crippen molar-refractivity contribution in [2.45, 2.75) is 19.9 Å². The summed E-state index contributed by atoms with van der Waals surface area (Å²) in [7, 11) is 0. The van der Waals surface area contributed by atoms with Gasteiger partial charge in [0.05, 0.1) is 6.04 Å². The van der Waals surface area contributed by atoms with Crippen molar-refractivity contribution < 1.29 is 4.42 Å². The monoisotopic (exact) mass is 179 g/mol. The molecule has 0 aromatic carbocycles. The van der Waals surface area contributed by atoms with Crippen molar-refractivity contribution in [3.05, 3.63) is 30.0 Å². The van der Waals surface area contributed by atoms with Gasteiger partial charge >= 0.3 is 0 Å². The fraction of sp³-hybridized carbons (Fsp3) is 0.333. The molecule has 70 valence electrons. The zero-order chi connectivity index (χ0) is 9.68. The first kappa shape index (κ1) is 9.67. The lowest BCUT2D eigenvalue weighted by molar-refractivity contribution is 0.456. The third kappa shape index (κ3) is 2.83. The molecule has 1 rings (SSSR count). The average molecular weight is 179 g/mol. The van der Waals surface area contributed by atoms with Gasteiger partial charge in [0.15, 0.2) is 0 Å². The summed E-state index contributed by atoms with van der Waals surface area (Å²) in [5.41, 5.74) is 5.55. The van der Waals surface area contributed by atoms with Crippen LogP contribution in [0.1, 0.15) is 31.7 Å². The molecule has 0 saturated carbocycles. The zero-order valence-corrected chi connectivity index (χ0v) is 7.77. The van der Waals surface area contributed by atoms with Crippen LogP contribution in [0.15, 0.2) is 22.6 Å². The molecule has 0 aliphatic rings. The first-order valence-electron chi connectivity index (χ1n) is 4.12. The minimum atomic E-state index is -0.212. The number of rotatable bonds is 3. The normalized spacial score (nSPS) is 14.4. The molecule has 0 spiro atoms. The maximum atomic E-state index is 5.55. The van der Waals surface area contributed by atoms with Crippen molar-refractivity contribution in [3.8, 4) is 0 Å². The van der Waals surface area contributed by atoms with E-state index in [4.69, 9.17) is 10.2 Å². The topological polar surface area (TPSA) is 64.9 Å². The predicted molar refractivity (Wildman–Crippen MR) is 50.7 cm³/mol. The summed E-state index contributed by atoms with van der Waals surface area (Å²) in [5, 5.41) is 7.57. The predicted octanol–water partition coefficient (Wildman–Crippen LogP) is 1.68. The van der Waals surface area contributed by atoms with E-state index in [1.807, 2.05) is 25.2 Å². The molecule has 2 N–H and O–H groups in total. The third-order valence-corrected chi connectivity index (χ3v) is 1.39. The van der Waals surface area contributed by atoms with Crippen LogP contribution in [0.4, 0.5) is 0 Å². The Hall–Kier alpha value is -1.42. The van der Waals surface area contributed by atoms with Gasteiger partial charge in [-0.3, -0.25) is 0 Å². The fourth-order valence-electron chi connectivity index (χ4n) is 0.747. The van der Waals surface area contributed by atoms with Crippen molar-refractivity contribution in [2.24, 2.45) is 5.73 Å². The maximum Gasteiger partial charge on any atom is 0.240 e. The number of hydrogen-bond donors (Lipinski definition) is 1. The number of nitrogens with two attached hydrogens (primary N) is 1. The van der Waals surface area contributed by atoms with Crippen molar-refractivity contribution in [1.82, 2.24) is 10.2 Å². The van der Waals surface area contributed by atoms with Crippen molar-refractivity contribution >= 4 is 6.08 Å². The first-order valence-corrected chi connectivity index (χ1v) is 4.12. The molecule has 0 amide bonds. The molecule has 0 bridgehead atoms. The average Bonchev–Trinajstić information content (AvgIpc) is 2.53. The molecule has 4 nitrogen and oxygen atoms in total. The summed E-state index contributed by atoms with van der Waals surface area (Å²) in [6, 6.07) is -0.212. The van der Waals surface area contributed by atoms with E-state index >= 15 is 0 Å². The van der Waals surface area contributed by atoms with E-state index in [0.29, 0.717) is 11.8 Å². The summed E-state index contributed by atoms with van der Waals surface area (Å²) in [6.45, 7) is 3.73. The minimum absolute atomic E-state index is 0.212. The van der Waals surface area contributed by atoms with Gasteiger partial charge in [0.2, 0.25) is 11.8 Å². The molecule has 0 aliphatic carbocycles. The lowest BCUT2D eigenvalue weighted by Crippen LogP contribution is -2.04. The summed E-state index contributed by atoms with van der Waals surface area (Å²) in [6.07, 6.45) is 7.37. The van der Waals surface area contributed by atoms with E-state index in [1.165, 1.54) is 0 Å². The van der Waals surface area contributed by atoms with E-state index in [0.717, 1.165) is 0 Å². The van der Waals surface area contributed by atoms with Gasteiger partial charge in [-0.05, 0) is 13.8 Å². The van der Waals surface area contributed by atoms with E-state index in [1.54, 1.807) is 13.0 Å². The van der Waals surface area contributed by atoms with E-state index in [2.05, 4.69) is 10.2 Å². The second-order valence-corrected chi connectivity index (χ2v) is 2.65. The van der Waals surface area contributed by atoms with Gasteiger partial charge in [0.25, 0.3) is 0 Å². The molecule has 1 atom stereocenters. The molecular weight excluding hydrogens is 166 g/mol. The Morgan fingerprint density at radius 1 is 1.38 bits per heavy atom. The van der Waals surface area contributed by atoms with Gasteiger partial charge in [0.1, 0.15) is 0 Å². The number of nitrogens with zero attached hydrogens (tertiary/aromatic N) is 2. The standard InChI is InChI=1S/C9H13N3O/c1-3-4-5-6-8-11-12-9(13-8)7(2)10/h3-7H,10H2,1-2H3/b4-3+,6-5+. The van der Waals surface area contributed by atoms with Gasteiger partial charge in [-0.2, -0.15) is 0 Å². The number of hydrogen-bond acceptors (Lipinski definition) is 4. The molecule has 0 aliphatic heterocycles. The van der Waals surface area contributed by atoms with E-state index in [9.17, 15) is 0 Å². The Kier molecular flexibility index (Phi) is 3.40. The molecule has 13 heavy (non-hydrogen) atoms. The second kappa shape index (κ2) is 4.57. The van der Waals surface area contributed by atoms with Crippen LogP contribution in [0.25, 0.3) is 6.08 Å². The Morgan fingerprint density at radius 3 is 2.69 bits per heavy atom. The number of aromatic nitrogens is 2. The van der Waals surface area contributed by atoms with Crippen LogP contribution >= 0.6 is 0 Å². The lowest BCUT2D eigenvalue weighted by Gasteiger charge is -1.93. The Labute approximate surface area is 77.1 Å². The molecule has 1 aromatic heterocycles. The third-order valence-electron chi connectivity index (χ3n) is 1.39. The fourth-order valence-corrected chi connectivity index (χ4v) is 0.747. The first-order chi connectivity index (χ1) is 6.24. The van der Waals surface area contributed by atoms with E-state index < -0.39 is 0 Å². The molecule has 4 heteroatoms. The van der Waals surface area contributed by atoms with Crippen LogP contribution < -0.4 is 5.73 Å². The lowest BCUT2D eigenvalue weighted by atomic mass is 10.4. The molecule has 0 saturated heterocycles. The largest absolute Gasteiger partial charge is 0.420 e. The maximum absolute atomic E-state index is 5.55. The van der Waals surface area contributed by atoms with Crippen molar-refractivity contribution in [1.29, 1.82) is 0 Å². The van der Waals surface area contributed by atoms with Gasteiger partial charge in [-0.1, -0.05) is 18.2 Å². The van der Waals surface area contributed by atoms with Crippen LogP contribution in [-0.4, -0.2) is 10.2 Å². The molecule has 1 unspecified atom stereocenters. The van der Waals surface area contributed by atoms with Crippen molar-refractivity contribution in [2.75, 3.05) is 0 Å². The Morgan fingerprint density at radius 2 is 2.15 bits per heavy atom. The second-order valence-electron chi connectivity index (χ2n) is 2.65. The molecule has 0 fully saturated rings. The Balaban J connectivity index is 2.69. The van der Waals surface area contributed by atoms with Crippen LogP contribution in [0.2, 0.25) is 0 Å². The molecule has 0 radical (unpaired) electrons. The van der Waals surface area contributed by atoms with Crippen molar-refractivity contribution in [3.63, 3.8) is 0 Å². The Bertz CT molecular complexity index is 312. The van der Waals surface area contributed by atoms with E-state index in [-0.39, 0.29) is 6.04 Å². The number of allylic oxidation sites excluding steroid dienone is 3. The summed E-state index contributed by atoms with van der Waals surface area (Å²) < 4.78 is 5.22. The van der Waals surface area contributed by atoms with Crippen LogP contribution in [-0.2, 0) is 0 Å². The quantitative estimate of drug-likeness (QED) is 0.717. The zero-order valence-electron chi connectivity index (χ0n) is 7.77. The smallest absolute Gasteiger partial charge is 0.240 e. The summed E-state index contributed by atoms with van der Waals surface area (Å²) >= 11 is 0. The highest BCUT2D eigenvalue weighted by atomic mass is 16.4.